The predicted octanol–water partition coefficient (Wildman–Crippen LogP) is 0.309. The van der Waals surface area contributed by atoms with E-state index in [0.717, 1.165) is 0 Å². The number of nitrogens with one attached hydrogen (secondary N) is 1. The zero-order valence-electron chi connectivity index (χ0n) is 7.98. The summed E-state index contributed by atoms with van der Waals surface area (Å²) in [5.74, 6) is -4.61. The van der Waals surface area contributed by atoms with Crippen LogP contribution in [-0.4, -0.2) is 49.5 Å². The van der Waals surface area contributed by atoms with E-state index >= 15 is 0 Å². The summed E-state index contributed by atoms with van der Waals surface area (Å²) in [6.07, 6.45) is -4.57. The summed E-state index contributed by atoms with van der Waals surface area (Å²) in [7, 11) is 0. The SMILES string of the molecule is O=C(COCC(F)(F)F)NCC(F)(F)CO. The molecule has 0 rings (SSSR count). The number of hydrogen-bond acceptors (Lipinski definition) is 3. The molecule has 0 aliphatic carbocycles. The first kappa shape index (κ1) is 15.0. The molecule has 16 heavy (non-hydrogen) atoms. The molecule has 2 N–H and O–H groups in total. The Morgan fingerprint density at radius 1 is 1.25 bits per heavy atom. The monoisotopic (exact) mass is 251 g/mol. The average Bonchev–Trinajstić information content (AvgIpc) is 2.13. The van der Waals surface area contributed by atoms with Crippen LogP contribution in [0.1, 0.15) is 0 Å². The van der Waals surface area contributed by atoms with Crippen LogP contribution in [0.5, 0.6) is 0 Å². The second-order valence-electron chi connectivity index (χ2n) is 2.90. The number of rotatable bonds is 6. The standard InChI is InChI=1S/C7H10F5NO3/c8-6(9,3-14)2-13-5(15)1-16-4-7(10,11)12/h14H,1-4H2,(H,13,15). The van der Waals surface area contributed by atoms with Crippen LogP contribution in [0.2, 0.25) is 0 Å². The maximum absolute atomic E-state index is 12.3. The molecule has 0 unspecified atom stereocenters. The Kier molecular flexibility index (Phi) is 5.59. The van der Waals surface area contributed by atoms with Crippen molar-refractivity contribution in [1.29, 1.82) is 0 Å². The zero-order chi connectivity index (χ0) is 12.8. The fourth-order valence-electron chi connectivity index (χ4n) is 0.594. The molecule has 0 aliphatic heterocycles. The molecule has 0 atom stereocenters. The van der Waals surface area contributed by atoms with Gasteiger partial charge in [-0.2, -0.15) is 13.2 Å². The van der Waals surface area contributed by atoms with E-state index in [4.69, 9.17) is 5.11 Å². The minimum Gasteiger partial charge on any atom is -0.390 e. The number of aliphatic hydroxyl groups excluding tert-OH is 1. The summed E-state index contributed by atoms with van der Waals surface area (Å²) in [5.41, 5.74) is 0. The number of ether oxygens (including phenoxy) is 1. The highest BCUT2D eigenvalue weighted by atomic mass is 19.4. The number of aliphatic hydroxyl groups is 1. The third kappa shape index (κ3) is 8.36. The van der Waals surface area contributed by atoms with Crippen LogP contribution in [0.3, 0.4) is 0 Å². The second-order valence-corrected chi connectivity index (χ2v) is 2.90. The van der Waals surface area contributed by atoms with Gasteiger partial charge in [0, 0.05) is 0 Å². The molecule has 0 saturated heterocycles. The molecule has 9 heteroatoms. The quantitative estimate of drug-likeness (QED) is 0.668. The van der Waals surface area contributed by atoms with E-state index in [1.54, 1.807) is 5.32 Å². The third-order valence-corrected chi connectivity index (χ3v) is 1.27. The first-order valence-corrected chi connectivity index (χ1v) is 4.06. The molecule has 0 aromatic heterocycles. The van der Waals surface area contributed by atoms with Gasteiger partial charge in [0.25, 0.3) is 5.92 Å². The molecule has 96 valence electrons. The lowest BCUT2D eigenvalue weighted by atomic mass is 10.3. The Hall–Kier alpha value is -0.960. The van der Waals surface area contributed by atoms with E-state index in [1.165, 1.54) is 0 Å². The summed E-state index contributed by atoms with van der Waals surface area (Å²) >= 11 is 0. The lowest BCUT2D eigenvalue weighted by Gasteiger charge is -2.14. The van der Waals surface area contributed by atoms with Crippen molar-refractivity contribution < 1.29 is 36.6 Å². The number of carbonyl (C=O) groups is 1. The van der Waals surface area contributed by atoms with Crippen molar-refractivity contribution in [1.82, 2.24) is 5.32 Å². The fourth-order valence-corrected chi connectivity index (χ4v) is 0.594. The molecule has 0 aromatic rings. The van der Waals surface area contributed by atoms with E-state index in [9.17, 15) is 26.7 Å². The van der Waals surface area contributed by atoms with Gasteiger partial charge in [0.15, 0.2) is 0 Å². The molecule has 0 heterocycles. The van der Waals surface area contributed by atoms with E-state index < -0.39 is 44.4 Å². The van der Waals surface area contributed by atoms with Crippen molar-refractivity contribution in [3.05, 3.63) is 0 Å². The zero-order valence-corrected chi connectivity index (χ0v) is 7.98. The van der Waals surface area contributed by atoms with Gasteiger partial charge in [-0.15, -0.1) is 0 Å². The summed E-state index contributed by atoms with van der Waals surface area (Å²) in [6, 6.07) is 0. The molecule has 0 fully saturated rings. The highest BCUT2D eigenvalue weighted by molar-refractivity contribution is 5.77. The van der Waals surface area contributed by atoms with Gasteiger partial charge in [-0.05, 0) is 0 Å². The van der Waals surface area contributed by atoms with Gasteiger partial charge in [0.1, 0.15) is 19.8 Å². The minimum atomic E-state index is -4.57. The van der Waals surface area contributed by atoms with E-state index in [0.29, 0.717) is 0 Å². The Morgan fingerprint density at radius 3 is 2.25 bits per heavy atom. The van der Waals surface area contributed by atoms with Gasteiger partial charge in [-0.1, -0.05) is 0 Å². The number of carbonyl (C=O) groups excluding carboxylic acids is 1. The summed E-state index contributed by atoms with van der Waals surface area (Å²) < 4.78 is 63.2. The molecule has 0 spiro atoms. The Bertz CT molecular complexity index is 231. The third-order valence-electron chi connectivity index (χ3n) is 1.27. The van der Waals surface area contributed by atoms with Crippen LogP contribution in [0.15, 0.2) is 0 Å². The highest BCUT2D eigenvalue weighted by Crippen LogP contribution is 2.14. The summed E-state index contributed by atoms with van der Waals surface area (Å²) in [6.45, 7) is -5.22. The molecular weight excluding hydrogens is 241 g/mol. The van der Waals surface area contributed by atoms with Gasteiger partial charge in [-0.3, -0.25) is 4.79 Å². The maximum atomic E-state index is 12.3. The molecule has 1 amide bonds. The van der Waals surface area contributed by atoms with E-state index in [1.807, 2.05) is 0 Å². The number of amides is 1. The Labute approximate surface area is 87.4 Å². The smallest absolute Gasteiger partial charge is 0.390 e. The van der Waals surface area contributed by atoms with Crippen LogP contribution in [0.25, 0.3) is 0 Å². The lowest BCUT2D eigenvalue weighted by molar-refractivity contribution is -0.176. The van der Waals surface area contributed by atoms with Gasteiger partial charge in [0.2, 0.25) is 5.91 Å². The lowest BCUT2D eigenvalue weighted by Crippen LogP contribution is -2.40. The van der Waals surface area contributed by atoms with Crippen molar-refractivity contribution >= 4 is 5.91 Å². The first-order chi connectivity index (χ1) is 7.16. The topological polar surface area (TPSA) is 58.6 Å². The molecule has 0 aromatic carbocycles. The van der Waals surface area contributed by atoms with Crippen molar-refractivity contribution in [3.8, 4) is 0 Å². The summed E-state index contributed by atoms with van der Waals surface area (Å²) in [5, 5.41) is 9.73. The Morgan fingerprint density at radius 2 is 1.81 bits per heavy atom. The number of hydrogen-bond donors (Lipinski definition) is 2. The van der Waals surface area contributed by atoms with Gasteiger partial charge in [0.05, 0.1) is 6.54 Å². The minimum absolute atomic E-state index is 0.971. The maximum Gasteiger partial charge on any atom is 0.411 e. The summed E-state index contributed by atoms with van der Waals surface area (Å²) in [4.78, 5) is 10.7. The van der Waals surface area contributed by atoms with Crippen molar-refractivity contribution in [3.63, 3.8) is 0 Å². The van der Waals surface area contributed by atoms with E-state index in [2.05, 4.69) is 4.74 Å². The normalized spacial score (nSPS) is 12.6. The fraction of sp³-hybridized carbons (Fsp3) is 0.857. The number of halogens is 5. The highest BCUT2D eigenvalue weighted by Gasteiger charge is 2.29. The Balaban J connectivity index is 3.68. The molecule has 0 radical (unpaired) electrons. The largest absolute Gasteiger partial charge is 0.411 e. The van der Waals surface area contributed by atoms with Crippen LogP contribution < -0.4 is 5.32 Å². The van der Waals surface area contributed by atoms with Gasteiger partial charge in [-0.25, -0.2) is 8.78 Å². The van der Waals surface area contributed by atoms with Crippen molar-refractivity contribution in [2.24, 2.45) is 0 Å². The second kappa shape index (κ2) is 5.94. The molecule has 4 nitrogen and oxygen atoms in total. The molecule has 0 bridgehead atoms. The number of alkyl halides is 5. The van der Waals surface area contributed by atoms with Crippen LogP contribution in [-0.2, 0) is 9.53 Å². The van der Waals surface area contributed by atoms with Gasteiger partial charge < -0.3 is 15.2 Å². The van der Waals surface area contributed by atoms with Crippen LogP contribution in [0.4, 0.5) is 22.0 Å². The van der Waals surface area contributed by atoms with Crippen molar-refractivity contribution in [2.75, 3.05) is 26.4 Å². The predicted molar refractivity (Wildman–Crippen MR) is 41.9 cm³/mol. The molecular formula is C7H10F5NO3. The average molecular weight is 251 g/mol. The molecule has 0 saturated carbocycles. The first-order valence-electron chi connectivity index (χ1n) is 4.06. The van der Waals surface area contributed by atoms with Gasteiger partial charge >= 0.3 is 6.18 Å². The van der Waals surface area contributed by atoms with Crippen molar-refractivity contribution in [2.45, 2.75) is 12.1 Å². The van der Waals surface area contributed by atoms with Crippen LogP contribution in [0, 0.1) is 0 Å². The van der Waals surface area contributed by atoms with E-state index in [-0.39, 0.29) is 0 Å². The molecule has 0 aliphatic rings. The van der Waals surface area contributed by atoms with Crippen LogP contribution >= 0.6 is 0 Å².